The van der Waals surface area contributed by atoms with Crippen LogP contribution in [0.4, 0.5) is 0 Å². The van der Waals surface area contributed by atoms with Crippen LogP contribution < -0.4 is 0 Å². The highest BCUT2D eigenvalue weighted by Gasteiger charge is 2.26. The molecule has 1 rings (SSSR count). The van der Waals surface area contributed by atoms with Crippen LogP contribution in [-0.2, 0) is 14.3 Å². The number of esters is 1. The molecule has 0 bridgehead atoms. The van der Waals surface area contributed by atoms with Gasteiger partial charge in [-0.25, -0.2) is 0 Å². The van der Waals surface area contributed by atoms with Gasteiger partial charge in [-0.05, 0) is 32.6 Å². The summed E-state index contributed by atoms with van der Waals surface area (Å²) in [7, 11) is 1.46. The van der Waals surface area contributed by atoms with E-state index in [2.05, 4.69) is 0 Å². The summed E-state index contributed by atoms with van der Waals surface area (Å²) in [6.07, 6.45) is 4.18. The molecule has 0 unspecified atom stereocenters. The minimum Gasteiger partial charge on any atom is -0.469 e. The molecule has 0 heterocycles. The Morgan fingerprint density at radius 3 is 2.38 bits per heavy atom. The highest BCUT2D eigenvalue weighted by Crippen LogP contribution is 2.26. The molecule has 0 amide bonds. The van der Waals surface area contributed by atoms with Gasteiger partial charge in [0.2, 0.25) is 0 Å². The SMILES string of the molecule is CCO[C@H]1CC[C@H](C(=O)OC)CC1. The summed E-state index contributed by atoms with van der Waals surface area (Å²) in [5.41, 5.74) is 0. The van der Waals surface area contributed by atoms with Crippen molar-refractivity contribution in [3.63, 3.8) is 0 Å². The number of carbonyl (C=O) groups excluding carboxylic acids is 1. The fourth-order valence-corrected chi connectivity index (χ4v) is 1.87. The summed E-state index contributed by atoms with van der Waals surface area (Å²) < 4.78 is 10.2. The van der Waals surface area contributed by atoms with Crippen LogP contribution in [0.5, 0.6) is 0 Å². The maximum absolute atomic E-state index is 11.2. The second kappa shape index (κ2) is 5.22. The smallest absolute Gasteiger partial charge is 0.308 e. The summed E-state index contributed by atoms with van der Waals surface area (Å²) in [5, 5.41) is 0. The van der Waals surface area contributed by atoms with E-state index in [0.29, 0.717) is 6.10 Å². The van der Waals surface area contributed by atoms with Crippen molar-refractivity contribution in [3.05, 3.63) is 0 Å². The number of methoxy groups -OCH3 is 1. The molecule has 0 aliphatic heterocycles. The standard InChI is InChI=1S/C10H18O3/c1-3-13-9-6-4-8(5-7-9)10(11)12-2/h8-9H,3-7H2,1-2H3/t8-,9-. The first kappa shape index (κ1) is 10.5. The van der Waals surface area contributed by atoms with Gasteiger partial charge in [0.05, 0.1) is 19.1 Å². The Bertz CT molecular complexity index is 160. The van der Waals surface area contributed by atoms with E-state index < -0.39 is 0 Å². The van der Waals surface area contributed by atoms with Crippen molar-refractivity contribution < 1.29 is 14.3 Å². The lowest BCUT2D eigenvalue weighted by molar-refractivity contribution is -0.147. The van der Waals surface area contributed by atoms with E-state index in [0.717, 1.165) is 32.3 Å². The van der Waals surface area contributed by atoms with E-state index in [-0.39, 0.29) is 11.9 Å². The van der Waals surface area contributed by atoms with Crippen LogP contribution >= 0.6 is 0 Å². The third kappa shape index (κ3) is 2.99. The molecule has 76 valence electrons. The fraction of sp³-hybridized carbons (Fsp3) is 0.900. The Hall–Kier alpha value is -0.570. The molecule has 1 saturated carbocycles. The lowest BCUT2D eigenvalue weighted by Crippen LogP contribution is -2.26. The lowest BCUT2D eigenvalue weighted by Gasteiger charge is -2.26. The van der Waals surface area contributed by atoms with Crippen molar-refractivity contribution in [2.45, 2.75) is 38.7 Å². The summed E-state index contributed by atoms with van der Waals surface area (Å²) in [4.78, 5) is 11.2. The average Bonchev–Trinajstić information content (AvgIpc) is 2.18. The molecule has 0 aromatic carbocycles. The molecule has 1 fully saturated rings. The van der Waals surface area contributed by atoms with Crippen LogP contribution in [0.3, 0.4) is 0 Å². The van der Waals surface area contributed by atoms with E-state index in [9.17, 15) is 4.79 Å². The largest absolute Gasteiger partial charge is 0.469 e. The molecule has 1 aliphatic carbocycles. The van der Waals surface area contributed by atoms with Gasteiger partial charge >= 0.3 is 5.97 Å². The molecule has 0 aromatic rings. The van der Waals surface area contributed by atoms with Gasteiger partial charge in [0, 0.05) is 6.61 Å². The van der Waals surface area contributed by atoms with E-state index in [1.165, 1.54) is 7.11 Å². The molecular formula is C10H18O3. The Morgan fingerprint density at radius 1 is 1.31 bits per heavy atom. The zero-order valence-corrected chi connectivity index (χ0v) is 8.41. The van der Waals surface area contributed by atoms with Gasteiger partial charge in [-0.15, -0.1) is 0 Å². The van der Waals surface area contributed by atoms with Gasteiger partial charge < -0.3 is 9.47 Å². The number of ether oxygens (including phenoxy) is 2. The van der Waals surface area contributed by atoms with Gasteiger partial charge in [0.15, 0.2) is 0 Å². The molecule has 0 atom stereocenters. The molecule has 0 saturated heterocycles. The highest BCUT2D eigenvalue weighted by atomic mass is 16.5. The van der Waals surface area contributed by atoms with Gasteiger partial charge in [0.25, 0.3) is 0 Å². The average molecular weight is 186 g/mol. The number of hydrogen-bond acceptors (Lipinski definition) is 3. The summed E-state index contributed by atoms with van der Waals surface area (Å²) in [5.74, 6) is 0.0525. The van der Waals surface area contributed by atoms with E-state index in [1.807, 2.05) is 6.92 Å². The van der Waals surface area contributed by atoms with Gasteiger partial charge in [-0.3, -0.25) is 4.79 Å². The number of rotatable bonds is 3. The van der Waals surface area contributed by atoms with Crippen molar-refractivity contribution in [2.75, 3.05) is 13.7 Å². The van der Waals surface area contributed by atoms with Crippen molar-refractivity contribution in [1.82, 2.24) is 0 Å². The predicted octanol–water partition coefficient (Wildman–Crippen LogP) is 1.75. The molecule has 1 aliphatic rings. The summed E-state index contributed by atoms with van der Waals surface area (Å²) >= 11 is 0. The zero-order valence-electron chi connectivity index (χ0n) is 8.41. The van der Waals surface area contributed by atoms with Crippen LogP contribution in [0.25, 0.3) is 0 Å². The van der Waals surface area contributed by atoms with Crippen molar-refractivity contribution in [2.24, 2.45) is 5.92 Å². The minimum absolute atomic E-state index is 0.0602. The molecular weight excluding hydrogens is 168 g/mol. The molecule has 0 N–H and O–H groups in total. The zero-order chi connectivity index (χ0) is 9.68. The molecule has 0 aromatic heterocycles. The predicted molar refractivity (Wildman–Crippen MR) is 49.4 cm³/mol. The Balaban J connectivity index is 2.26. The van der Waals surface area contributed by atoms with Crippen LogP contribution in [-0.4, -0.2) is 25.8 Å². The second-order valence-electron chi connectivity index (χ2n) is 3.45. The second-order valence-corrected chi connectivity index (χ2v) is 3.45. The quantitative estimate of drug-likeness (QED) is 0.630. The van der Waals surface area contributed by atoms with Crippen molar-refractivity contribution >= 4 is 5.97 Å². The van der Waals surface area contributed by atoms with Crippen LogP contribution in [0.1, 0.15) is 32.6 Å². The third-order valence-electron chi connectivity index (χ3n) is 2.61. The molecule has 0 radical (unpaired) electrons. The minimum atomic E-state index is -0.0602. The Labute approximate surface area is 79.4 Å². The van der Waals surface area contributed by atoms with Gasteiger partial charge in [-0.1, -0.05) is 0 Å². The Kier molecular flexibility index (Phi) is 4.22. The molecule has 0 spiro atoms. The van der Waals surface area contributed by atoms with Crippen molar-refractivity contribution in [3.8, 4) is 0 Å². The molecule has 13 heavy (non-hydrogen) atoms. The first-order valence-corrected chi connectivity index (χ1v) is 4.97. The normalized spacial score (nSPS) is 28.5. The molecule has 3 nitrogen and oxygen atoms in total. The summed E-state index contributed by atoms with van der Waals surface area (Å²) in [6, 6.07) is 0. The Morgan fingerprint density at radius 2 is 1.92 bits per heavy atom. The maximum atomic E-state index is 11.2. The van der Waals surface area contributed by atoms with Crippen LogP contribution in [0.2, 0.25) is 0 Å². The van der Waals surface area contributed by atoms with E-state index >= 15 is 0 Å². The highest BCUT2D eigenvalue weighted by molar-refractivity contribution is 5.72. The maximum Gasteiger partial charge on any atom is 0.308 e. The third-order valence-corrected chi connectivity index (χ3v) is 2.61. The topological polar surface area (TPSA) is 35.5 Å². The summed E-state index contributed by atoms with van der Waals surface area (Å²) in [6.45, 7) is 2.78. The van der Waals surface area contributed by atoms with E-state index in [1.54, 1.807) is 0 Å². The van der Waals surface area contributed by atoms with Crippen molar-refractivity contribution in [1.29, 1.82) is 0 Å². The van der Waals surface area contributed by atoms with Gasteiger partial charge in [-0.2, -0.15) is 0 Å². The monoisotopic (exact) mass is 186 g/mol. The van der Waals surface area contributed by atoms with E-state index in [4.69, 9.17) is 9.47 Å². The number of hydrogen-bond donors (Lipinski definition) is 0. The lowest BCUT2D eigenvalue weighted by atomic mass is 9.87. The first-order valence-electron chi connectivity index (χ1n) is 4.97. The van der Waals surface area contributed by atoms with Gasteiger partial charge in [0.1, 0.15) is 0 Å². The van der Waals surface area contributed by atoms with Crippen LogP contribution in [0, 0.1) is 5.92 Å². The fourth-order valence-electron chi connectivity index (χ4n) is 1.87. The number of carbonyl (C=O) groups is 1. The first-order chi connectivity index (χ1) is 6.27. The molecule has 3 heteroatoms. The van der Waals surface area contributed by atoms with Crippen LogP contribution in [0.15, 0.2) is 0 Å².